The maximum Gasteiger partial charge on any atom is 0.326 e. The summed E-state index contributed by atoms with van der Waals surface area (Å²) >= 11 is 4.05. The molecule has 0 aromatic heterocycles. The van der Waals surface area contributed by atoms with Crippen LogP contribution in [-0.4, -0.2) is 70.4 Å². The number of amides is 3. The molecule has 0 fully saturated rings. The Morgan fingerprint density at radius 3 is 1.89 bits per heavy atom. The van der Waals surface area contributed by atoms with Crippen molar-refractivity contribution in [1.82, 2.24) is 16.0 Å². The summed E-state index contributed by atoms with van der Waals surface area (Å²) < 4.78 is 0. The van der Waals surface area contributed by atoms with Crippen LogP contribution < -0.4 is 21.7 Å². The van der Waals surface area contributed by atoms with E-state index in [1.165, 1.54) is 0 Å². The fourth-order valence-electron chi connectivity index (χ4n) is 2.27. The van der Waals surface area contributed by atoms with Crippen molar-refractivity contribution in [3.8, 4) is 0 Å². The van der Waals surface area contributed by atoms with Gasteiger partial charge in [0.25, 0.3) is 0 Å². The fourth-order valence-corrected chi connectivity index (χ4v) is 2.53. The van der Waals surface area contributed by atoms with Crippen molar-refractivity contribution in [3.05, 3.63) is 0 Å². The number of hydrogen-bond donors (Lipinski definition) is 7. The lowest BCUT2D eigenvalue weighted by atomic mass is 9.99. The number of nitrogens with two attached hydrogens (primary N) is 1. The largest absolute Gasteiger partial charge is 0.480 e. The predicted molar refractivity (Wildman–Crippen MR) is 107 cm³/mol. The molecule has 28 heavy (non-hydrogen) atoms. The fraction of sp³-hybridized carbons (Fsp3) is 0.765. The molecule has 0 aliphatic carbocycles. The number of aliphatic hydroxyl groups is 1. The molecule has 10 nitrogen and oxygen atoms in total. The van der Waals surface area contributed by atoms with Gasteiger partial charge in [-0.1, -0.05) is 34.1 Å². The Labute approximate surface area is 170 Å². The average Bonchev–Trinajstić information content (AvgIpc) is 2.65. The maximum atomic E-state index is 12.6. The first-order valence-electron chi connectivity index (χ1n) is 9.11. The van der Waals surface area contributed by atoms with E-state index in [-0.39, 0.29) is 17.6 Å². The first-order chi connectivity index (χ1) is 13.0. The third-order valence-electron chi connectivity index (χ3n) is 4.37. The van der Waals surface area contributed by atoms with Crippen LogP contribution in [0.15, 0.2) is 0 Å². The Kier molecular flexibility index (Phi) is 11.7. The van der Waals surface area contributed by atoms with E-state index in [9.17, 15) is 24.3 Å². The van der Waals surface area contributed by atoms with Gasteiger partial charge in [0.05, 0.1) is 6.61 Å². The molecular formula is C17H32N4O6S. The molecule has 0 saturated carbocycles. The van der Waals surface area contributed by atoms with Crippen LogP contribution in [0.4, 0.5) is 0 Å². The highest BCUT2D eigenvalue weighted by atomic mass is 32.1. The van der Waals surface area contributed by atoms with Crippen molar-refractivity contribution in [2.45, 2.75) is 58.3 Å². The summed E-state index contributed by atoms with van der Waals surface area (Å²) in [4.78, 5) is 48.2. The van der Waals surface area contributed by atoms with Crippen molar-refractivity contribution >= 4 is 36.3 Å². The third-order valence-corrected chi connectivity index (χ3v) is 4.74. The third kappa shape index (κ3) is 8.03. The Bertz CT molecular complexity index is 560. The second kappa shape index (κ2) is 12.6. The Morgan fingerprint density at radius 1 is 0.964 bits per heavy atom. The molecule has 0 heterocycles. The Morgan fingerprint density at radius 2 is 1.50 bits per heavy atom. The van der Waals surface area contributed by atoms with Gasteiger partial charge in [0.15, 0.2) is 0 Å². The molecule has 7 N–H and O–H groups in total. The van der Waals surface area contributed by atoms with Gasteiger partial charge in [0.1, 0.15) is 24.2 Å². The number of thiol groups is 1. The topological polar surface area (TPSA) is 171 Å². The molecule has 0 rings (SSSR count). The standard InChI is InChI=1S/C17H32N4O6S/c1-5-9(4)13(17(26)27)21-15(24)11(7-28)19-16(25)12(8(2)3)20-14(23)10(18)6-22/h8-13,22,28H,5-7,18H2,1-4H3,(H,19,25)(H,20,23)(H,21,24)(H,26,27). The van der Waals surface area contributed by atoms with Gasteiger partial charge in [-0.25, -0.2) is 4.79 Å². The molecule has 0 aromatic rings. The number of carboxylic acid groups (broad SMARTS) is 1. The first-order valence-corrected chi connectivity index (χ1v) is 9.74. The Hall–Kier alpha value is -1.85. The van der Waals surface area contributed by atoms with E-state index in [0.717, 1.165) is 0 Å². The van der Waals surface area contributed by atoms with Crippen molar-refractivity contribution in [2.75, 3.05) is 12.4 Å². The van der Waals surface area contributed by atoms with Gasteiger partial charge in [-0.3, -0.25) is 14.4 Å². The van der Waals surface area contributed by atoms with Crippen molar-refractivity contribution < 1.29 is 29.4 Å². The summed E-state index contributed by atoms with van der Waals surface area (Å²) in [6, 6.07) is -4.36. The van der Waals surface area contributed by atoms with Crippen LogP contribution in [0.1, 0.15) is 34.1 Å². The molecule has 0 spiro atoms. The minimum Gasteiger partial charge on any atom is -0.480 e. The number of nitrogens with one attached hydrogen (secondary N) is 3. The summed E-state index contributed by atoms with van der Waals surface area (Å²) in [5, 5.41) is 25.6. The van der Waals surface area contributed by atoms with Crippen LogP contribution in [0.25, 0.3) is 0 Å². The average molecular weight is 421 g/mol. The molecular weight excluding hydrogens is 388 g/mol. The zero-order chi connectivity index (χ0) is 22.0. The summed E-state index contributed by atoms with van der Waals surface area (Å²) in [7, 11) is 0. The number of hydrogen-bond acceptors (Lipinski definition) is 7. The highest BCUT2D eigenvalue weighted by Crippen LogP contribution is 2.09. The molecule has 5 atom stereocenters. The van der Waals surface area contributed by atoms with Crippen LogP contribution >= 0.6 is 12.6 Å². The molecule has 11 heteroatoms. The van der Waals surface area contributed by atoms with Gasteiger partial charge in [-0.05, 0) is 11.8 Å². The van der Waals surface area contributed by atoms with E-state index in [4.69, 9.17) is 10.8 Å². The van der Waals surface area contributed by atoms with Gasteiger partial charge in [-0.15, -0.1) is 0 Å². The monoisotopic (exact) mass is 420 g/mol. The van der Waals surface area contributed by atoms with Crippen molar-refractivity contribution in [1.29, 1.82) is 0 Å². The van der Waals surface area contributed by atoms with Crippen molar-refractivity contribution in [3.63, 3.8) is 0 Å². The lowest BCUT2D eigenvalue weighted by Gasteiger charge is -2.27. The smallest absolute Gasteiger partial charge is 0.326 e. The summed E-state index contributed by atoms with van der Waals surface area (Å²) in [5.74, 6) is -3.90. The minimum atomic E-state index is -1.18. The molecule has 3 amide bonds. The van der Waals surface area contributed by atoms with Crippen LogP contribution in [0, 0.1) is 11.8 Å². The zero-order valence-corrected chi connectivity index (χ0v) is 17.5. The highest BCUT2D eigenvalue weighted by Gasteiger charge is 2.32. The molecule has 0 saturated heterocycles. The van der Waals surface area contributed by atoms with Crippen LogP contribution in [0.3, 0.4) is 0 Å². The summed E-state index contributed by atoms with van der Waals surface area (Å²) in [5.41, 5.74) is 5.44. The highest BCUT2D eigenvalue weighted by molar-refractivity contribution is 7.80. The van der Waals surface area contributed by atoms with Gasteiger partial charge >= 0.3 is 5.97 Å². The van der Waals surface area contributed by atoms with E-state index in [1.807, 2.05) is 0 Å². The van der Waals surface area contributed by atoms with E-state index in [1.54, 1.807) is 27.7 Å². The second-order valence-electron chi connectivity index (χ2n) is 6.97. The number of aliphatic hydroxyl groups excluding tert-OH is 1. The lowest BCUT2D eigenvalue weighted by molar-refractivity contribution is -0.143. The number of rotatable bonds is 12. The van der Waals surface area contributed by atoms with Gasteiger partial charge < -0.3 is 31.9 Å². The molecule has 0 aromatic carbocycles. The summed E-state index contributed by atoms with van der Waals surface area (Å²) in [6.07, 6.45) is 0.543. The molecule has 0 bridgehead atoms. The van der Waals surface area contributed by atoms with E-state index in [0.29, 0.717) is 6.42 Å². The van der Waals surface area contributed by atoms with Crippen LogP contribution in [0.2, 0.25) is 0 Å². The number of carbonyl (C=O) groups is 4. The quantitative estimate of drug-likeness (QED) is 0.188. The van der Waals surface area contributed by atoms with Crippen molar-refractivity contribution in [2.24, 2.45) is 17.6 Å². The van der Waals surface area contributed by atoms with E-state index in [2.05, 4.69) is 28.6 Å². The van der Waals surface area contributed by atoms with Gasteiger partial charge in [-0.2, -0.15) is 12.6 Å². The first kappa shape index (κ1) is 26.1. The summed E-state index contributed by atoms with van der Waals surface area (Å²) in [6.45, 7) is 6.30. The second-order valence-corrected chi connectivity index (χ2v) is 7.34. The zero-order valence-electron chi connectivity index (χ0n) is 16.6. The molecule has 0 radical (unpaired) electrons. The van der Waals surface area contributed by atoms with Gasteiger partial charge in [0.2, 0.25) is 17.7 Å². The van der Waals surface area contributed by atoms with E-state index < -0.39 is 54.5 Å². The number of aliphatic carboxylic acids is 1. The van der Waals surface area contributed by atoms with E-state index >= 15 is 0 Å². The lowest BCUT2D eigenvalue weighted by Crippen LogP contribution is -2.59. The van der Waals surface area contributed by atoms with Crippen LogP contribution in [0.5, 0.6) is 0 Å². The normalized spacial score (nSPS) is 16.4. The van der Waals surface area contributed by atoms with Gasteiger partial charge in [0, 0.05) is 5.75 Å². The number of carbonyl (C=O) groups excluding carboxylic acids is 3. The molecule has 162 valence electrons. The van der Waals surface area contributed by atoms with Crippen LogP contribution in [-0.2, 0) is 19.2 Å². The minimum absolute atomic E-state index is 0.0701. The maximum absolute atomic E-state index is 12.6. The number of carboxylic acids is 1. The predicted octanol–water partition coefficient (Wildman–Crippen LogP) is -1.52. The molecule has 0 aliphatic rings. The molecule has 5 unspecified atom stereocenters. The Balaban J connectivity index is 5.18. The SMILES string of the molecule is CCC(C)C(NC(=O)C(CS)NC(=O)C(NC(=O)C(N)CO)C(C)C)C(=O)O. The molecule has 0 aliphatic heterocycles.